The summed E-state index contributed by atoms with van der Waals surface area (Å²) >= 11 is 23.0. The molecule has 1 amide bonds. The Kier molecular flexibility index (Phi) is 7.49. The van der Waals surface area contributed by atoms with E-state index in [1.807, 2.05) is 0 Å². The van der Waals surface area contributed by atoms with Crippen LogP contribution in [0.4, 0.5) is 10.1 Å². The Hall–Kier alpha value is -1.80. The van der Waals surface area contributed by atoms with Crippen LogP contribution in [0.5, 0.6) is 5.75 Å². The number of carbonyl (C=O) groups excluding carboxylic acids is 1. The average Bonchev–Trinajstić information content (AvgIpc) is 2.62. The fourth-order valence-electron chi connectivity index (χ4n) is 2.01. The van der Waals surface area contributed by atoms with Crippen LogP contribution in [0.15, 0.2) is 48.5 Å². The lowest BCUT2D eigenvalue weighted by molar-refractivity contribution is 0.0934. The molecule has 144 valence electrons. The van der Waals surface area contributed by atoms with Gasteiger partial charge in [-0.3, -0.25) is 4.79 Å². The second-order valence-corrected chi connectivity index (χ2v) is 8.06. The van der Waals surface area contributed by atoms with E-state index in [0.717, 1.165) is 0 Å². The highest BCUT2D eigenvalue weighted by Gasteiger charge is 2.35. The van der Waals surface area contributed by atoms with E-state index in [9.17, 15) is 9.18 Å². The molecule has 0 saturated carbocycles. The molecule has 0 aliphatic rings. The monoisotopic (exact) mass is 449 g/mol. The number of benzene rings is 2. The fourth-order valence-corrected chi connectivity index (χ4v) is 2.57. The van der Waals surface area contributed by atoms with Gasteiger partial charge in [-0.25, -0.2) is 4.39 Å². The highest BCUT2D eigenvalue weighted by Crippen LogP contribution is 2.29. The number of ether oxygens (including phenoxy) is 1. The van der Waals surface area contributed by atoms with E-state index >= 15 is 0 Å². The molecular formula is C17H15Cl3FN3O2S. The molecule has 0 radical (unpaired) electrons. The first-order chi connectivity index (χ1) is 12.7. The number of halogens is 4. The van der Waals surface area contributed by atoms with Gasteiger partial charge in [-0.1, -0.05) is 40.9 Å². The molecule has 0 aliphatic heterocycles. The van der Waals surface area contributed by atoms with Gasteiger partial charge in [0.15, 0.2) is 5.11 Å². The van der Waals surface area contributed by atoms with Gasteiger partial charge in [-0.15, -0.1) is 0 Å². The molecule has 3 N–H and O–H groups in total. The standard InChI is InChI=1S/C17H15Cl3FN3O2S/c1-26-13-4-2-3-10(9-13)14(25)23-15(17(18,19)20)24-16(27)22-12-7-5-11(21)6-8-12/h2-9,15H,1H3,(H,23,25)(H2,22,24,27)/t15-/m0/s1. The summed E-state index contributed by atoms with van der Waals surface area (Å²) in [6.07, 6.45) is -1.14. The molecule has 0 fully saturated rings. The number of nitrogens with one attached hydrogen (secondary N) is 3. The molecule has 0 bridgehead atoms. The van der Waals surface area contributed by atoms with Crippen LogP contribution in [-0.2, 0) is 0 Å². The quantitative estimate of drug-likeness (QED) is 0.361. The van der Waals surface area contributed by atoms with E-state index in [-0.39, 0.29) is 10.9 Å². The summed E-state index contributed by atoms with van der Waals surface area (Å²) in [7, 11) is 1.49. The number of hydrogen-bond donors (Lipinski definition) is 3. The van der Waals surface area contributed by atoms with Crippen LogP contribution >= 0.6 is 47.0 Å². The predicted molar refractivity (Wildman–Crippen MR) is 110 cm³/mol. The van der Waals surface area contributed by atoms with Crippen LogP contribution < -0.4 is 20.7 Å². The first-order valence-corrected chi connectivity index (χ1v) is 9.08. The molecule has 0 saturated heterocycles. The zero-order valence-corrected chi connectivity index (χ0v) is 17.0. The van der Waals surface area contributed by atoms with Crippen molar-refractivity contribution >= 4 is 63.7 Å². The van der Waals surface area contributed by atoms with Gasteiger partial charge < -0.3 is 20.7 Å². The minimum absolute atomic E-state index is 0.0730. The van der Waals surface area contributed by atoms with Crippen molar-refractivity contribution in [3.63, 3.8) is 0 Å². The van der Waals surface area contributed by atoms with Crippen LogP contribution in [-0.4, -0.2) is 28.1 Å². The summed E-state index contributed by atoms with van der Waals surface area (Å²) in [6.45, 7) is 0. The Morgan fingerprint density at radius 3 is 2.41 bits per heavy atom. The summed E-state index contributed by atoms with van der Waals surface area (Å²) in [5.74, 6) is -0.374. The van der Waals surface area contributed by atoms with Crippen molar-refractivity contribution in [1.29, 1.82) is 0 Å². The van der Waals surface area contributed by atoms with Crippen LogP contribution in [0, 0.1) is 5.82 Å². The first kappa shape index (κ1) is 21.5. The molecule has 10 heteroatoms. The Morgan fingerprint density at radius 1 is 1.15 bits per heavy atom. The topological polar surface area (TPSA) is 62.4 Å². The SMILES string of the molecule is COc1cccc(C(=O)N[C@@H](NC(=S)Nc2ccc(F)cc2)C(Cl)(Cl)Cl)c1. The van der Waals surface area contributed by atoms with E-state index < -0.39 is 15.9 Å². The number of amides is 1. The summed E-state index contributed by atoms with van der Waals surface area (Å²) < 4.78 is 16.1. The third-order valence-electron chi connectivity index (χ3n) is 3.31. The van der Waals surface area contributed by atoms with Crippen LogP contribution in [0.3, 0.4) is 0 Å². The number of anilines is 1. The molecule has 0 aliphatic carbocycles. The third-order valence-corrected chi connectivity index (χ3v) is 4.19. The van der Waals surface area contributed by atoms with Gasteiger partial charge in [0.05, 0.1) is 7.11 Å². The third kappa shape index (κ3) is 6.70. The number of methoxy groups -OCH3 is 1. The number of alkyl halides is 3. The van der Waals surface area contributed by atoms with Gasteiger partial charge >= 0.3 is 0 Å². The Morgan fingerprint density at radius 2 is 1.81 bits per heavy atom. The minimum Gasteiger partial charge on any atom is -0.497 e. The molecule has 0 spiro atoms. The van der Waals surface area contributed by atoms with E-state index in [1.54, 1.807) is 24.3 Å². The molecule has 27 heavy (non-hydrogen) atoms. The zero-order valence-electron chi connectivity index (χ0n) is 13.9. The van der Waals surface area contributed by atoms with Crippen LogP contribution in [0.2, 0.25) is 0 Å². The van der Waals surface area contributed by atoms with Gasteiger partial charge in [0.1, 0.15) is 17.7 Å². The van der Waals surface area contributed by atoms with Gasteiger partial charge in [0.2, 0.25) is 3.79 Å². The molecule has 5 nitrogen and oxygen atoms in total. The van der Waals surface area contributed by atoms with E-state index in [1.165, 1.54) is 31.4 Å². The molecule has 0 aromatic heterocycles. The van der Waals surface area contributed by atoms with E-state index in [4.69, 9.17) is 51.8 Å². The van der Waals surface area contributed by atoms with Crippen LogP contribution in [0.25, 0.3) is 0 Å². The lowest BCUT2D eigenvalue weighted by Crippen LogP contribution is -2.56. The number of rotatable bonds is 5. The maximum Gasteiger partial charge on any atom is 0.253 e. The van der Waals surface area contributed by atoms with E-state index in [0.29, 0.717) is 17.0 Å². The summed E-state index contributed by atoms with van der Waals surface area (Å²) in [5.41, 5.74) is 0.837. The van der Waals surface area contributed by atoms with Crippen molar-refractivity contribution in [2.45, 2.75) is 9.96 Å². The van der Waals surface area contributed by atoms with Crippen molar-refractivity contribution in [2.75, 3.05) is 12.4 Å². The van der Waals surface area contributed by atoms with Crippen molar-refractivity contribution in [3.05, 3.63) is 59.9 Å². The second kappa shape index (κ2) is 9.41. The number of carbonyl (C=O) groups is 1. The van der Waals surface area contributed by atoms with Crippen molar-refractivity contribution in [2.24, 2.45) is 0 Å². The largest absolute Gasteiger partial charge is 0.497 e. The normalized spacial score (nSPS) is 12.0. The number of thiocarbonyl (C=S) groups is 1. The predicted octanol–water partition coefficient (Wildman–Crippen LogP) is 4.25. The van der Waals surface area contributed by atoms with Crippen molar-refractivity contribution in [1.82, 2.24) is 10.6 Å². The molecule has 2 aromatic carbocycles. The van der Waals surface area contributed by atoms with Gasteiger partial charge in [0, 0.05) is 11.3 Å². The fraction of sp³-hybridized carbons (Fsp3) is 0.176. The van der Waals surface area contributed by atoms with Crippen molar-refractivity contribution < 1.29 is 13.9 Å². The molecular weight excluding hydrogens is 436 g/mol. The van der Waals surface area contributed by atoms with E-state index in [2.05, 4.69) is 16.0 Å². The molecule has 0 heterocycles. The highest BCUT2D eigenvalue weighted by molar-refractivity contribution is 7.80. The molecule has 2 aromatic rings. The summed E-state index contributed by atoms with van der Waals surface area (Å²) in [6, 6.07) is 12.0. The van der Waals surface area contributed by atoms with Gasteiger partial charge in [0.25, 0.3) is 5.91 Å². The van der Waals surface area contributed by atoms with Gasteiger partial charge in [-0.05, 0) is 54.7 Å². The molecule has 0 unspecified atom stereocenters. The zero-order chi connectivity index (χ0) is 20.0. The number of hydrogen-bond acceptors (Lipinski definition) is 3. The summed E-state index contributed by atoms with van der Waals surface area (Å²) in [5, 5.41) is 8.16. The molecule has 2 rings (SSSR count). The molecule has 1 atom stereocenters. The highest BCUT2D eigenvalue weighted by atomic mass is 35.6. The average molecular weight is 451 g/mol. The maximum absolute atomic E-state index is 13.0. The Bertz CT molecular complexity index is 816. The summed E-state index contributed by atoms with van der Waals surface area (Å²) in [4.78, 5) is 12.5. The minimum atomic E-state index is -1.90. The first-order valence-electron chi connectivity index (χ1n) is 7.54. The van der Waals surface area contributed by atoms with Crippen molar-refractivity contribution in [3.8, 4) is 5.75 Å². The lowest BCUT2D eigenvalue weighted by atomic mass is 10.2. The van der Waals surface area contributed by atoms with Gasteiger partial charge in [-0.2, -0.15) is 0 Å². The maximum atomic E-state index is 13.0. The van der Waals surface area contributed by atoms with Crippen LogP contribution in [0.1, 0.15) is 10.4 Å². The Balaban J connectivity index is 2.07. The lowest BCUT2D eigenvalue weighted by Gasteiger charge is -2.27. The second-order valence-electron chi connectivity index (χ2n) is 5.29. The Labute approximate surface area is 176 Å². The smallest absolute Gasteiger partial charge is 0.253 e.